The van der Waals surface area contributed by atoms with Crippen LogP contribution in [0.5, 0.6) is 0 Å². The zero-order chi connectivity index (χ0) is 18.7. The maximum Gasteiger partial charge on any atom is 0.246 e. The summed E-state index contributed by atoms with van der Waals surface area (Å²) in [6, 6.07) is 7.67. The number of ether oxygens (including phenoxy) is 1. The number of amides is 2. The van der Waals surface area contributed by atoms with Crippen LogP contribution < -0.4 is 4.90 Å². The van der Waals surface area contributed by atoms with Crippen molar-refractivity contribution in [2.75, 3.05) is 44.2 Å². The molecule has 7 heteroatoms. The molecule has 3 rings (SSSR count). The van der Waals surface area contributed by atoms with E-state index in [-0.39, 0.29) is 24.5 Å². The molecule has 0 unspecified atom stereocenters. The second-order valence-electron chi connectivity index (χ2n) is 7.13. The molecule has 26 heavy (non-hydrogen) atoms. The molecular formula is C19H26ClN3O3. The summed E-state index contributed by atoms with van der Waals surface area (Å²) in [5, 5.41) is 0.595. The van der Waals surface area contributed by atoms with Crippen LogP contribution in [0.1, 0.15) is 20.3 Å². The van der Waals surface area contributed by atoms with E-state index in [2.05, 4.69) is 18.7 Å². The van der Waals surface area contributed by atoms with Gasteiger partial charge in [0.05, 0.1) is 19.1 Å². The molecule has 0 aliphatic carbocycles. The SMILES string of the molecule is CC(C)N1CCO[C@@H](CC(=O)N2CCN(c3cccc(Cl)c3)C(=O)C2)C1. The van der Waals surface area contributed by atoms with Crippen LogP contribution in [-0.2, 0) is 14.3 Å². The Morgan fingerprint density at radius 2 is 2.12 bits per heavy atom. The smallest absolute Gasteiger partial charge is 0.246 e. The molecule has 2 amide bonds. The molecule has 1 aromatic rings. The van der Waals surface area contributed by atoms with Crippen molar-refractivity contribution >= 4 is 29.1 Å². The highest BCUT2D eigenvalue weighted by Crippen LogP contribution is 2.22. The fourth-order valence-electron chi connectivity index (χ4n) is 3.46. The van der Waals surface area contributed by atoms with Crippen LogP contribution in [0.25, 0.3) is 0 Å². The van der Waals surface area contributed by atoms with Gasteiger partial charge in [0, 0.05) is 42.9 Å². The van der Waals surface area contributed by atoms with Crippen LogP contribution in [0, 0.1) is 0 Å². The molecule has 2 aliphatic rings. The Labute approximate surface area is 159 Å². The van der Waals surface area contributed by atoms with Gasteiger partial charge in [0.1, 0.15) is 6.54 Å². The average molecular weight is 380 g/mol. The number of hydrogen-bond acceptors (Lipinski definition) is 4. The van der Waals surface area contributed by atoms with E-state index < -0.39 is 0 Å². The van der Waals surface area contributed by atoms with Crippen molar-refractivity contribution in [3.63, 3.8) is 0 Å². The number of rotatable bonds is 4. The van der Waals surface area contributed by atoms with Gasteiger partial charge >= 0.3 is 0 Å². The Morgan fingerprint density at radius 3 is 2.81 bits per heavy atom. The van der Waals surface area contributed by atoms with Crippen LogP contribution in [0.15, 0.2) is 24.3 Å². The van der Waals surface area contributed by atoms with E-state index in [1.807, 2.05) is 12.1 Å². The molecule has 0 saturated carbocycles. The van der Waals surface area contributed by atoms with Gasteiger partial charge in [-0.1, -0.05) is 17.7 Å². The molecule has 142 valence electrons. The van der Waals surface area contributed by atoms with E-state index in [0.717, 1.165) is 18.8 Å². The Bertz CT molecular complexity index is 667. The molecule has 1 atom stereocenters. The topological polar surface area (TPSA) is 53.1 Å². The lowest BCUT2D eigenvalue weighted by Gasteiger charge is -2.37. The van der Waals surface area contributed by atoms with E-state index in [4.69, 9.17) is 16.3 Å². The largest absolute Gasteiger partial charge is 0.375 e. The number of carbonyl (C=O) groups is 2. The molecule has 6 nitrogen and oxygen atoms in total. The second-order valence-corrected chi connectivity index (χ2v) is 7.56. The van der Waals surface area contributed by atoms with E-state index in [9.17, 15) is 9.59 Å². The van der Waals surface area contributed by atoms with Gasteiger partial charge in [-0.15, -0.1) is 0 Å². The number of piperazine rings is 1. The Hall–Kier alpha value is -1.63. The zero-order valence-electron chi connectivity index (χ0n) is 15.4. The summed E-state index contributed by atoms with van der Waals surface area (Å²) in [5.74, 6) is -0.0973. The minimum atomic E-state index is -0.0975. The molecular weight excluding hydrogens is 354 g/mol. The molecule has 2 saturated heterocycles. The lowest BCUT2D eigenvalue weighted by Crippen LogP contribution is -2.54. The Kier molecular flexibility index (Phi) is 6.16. The monoisotopic (exact) mass is 379 g/mol. The van der Waals surface area contributed by atoms with E-state index >= 15 is 0 Å². The number of morpholine rings is 1. The third-order valence-corrected chi connectivity index (χ3v) is 5.23. The van der Waals surface area contributed by atoms with Crippen LogP contribution in [0.3, 0.4) is 0 Å². The normalized spacial score (nSPS) is 22.2. The van der Waals surface area contributed by atoms with Crippen molar-refractivity contribution in [3.8, 4) is 0 Å². The maximum atomic E-state index is 12.6. The third kappa shape index (κ3) is 4.55. The number of halogens is 1. The summed E-state index contributed by atoms with van der Waals surface area (Å²) in [5.41, 5.74) is 0.776. The standard InChI is InChI=1S/C19H26ClN3O3/c1-14(2)21-8-9-26-17(12-21)11-18(24)22-6-7-23(19(25)13-22)16-5-3-4-15(20)10-16/h3-5,10,14,17H,6-9,11-13H2,1-2H3/t17-/m0/s1. The van der Waals surface area contributed by atoms with Gasteiger partial charge in [0.25, 0.3) is 0 Å². The van der Waals surface area contributed by atoms with Crippen LogP contribution >= 0.6 is 11.6 Å². The minimum Gasteiger partial charge on any atom is -0.375 e. The minimum absolute atomic E-state index is 0.0142. The quantitative estimate of drug-likeness (QED) is 0.803. The molecule has 2 aliphatic heterocycles. The molecule has 1 aromatic carbocycles. The molecule has 0 N–H and O–H groups in total. The highest BCUT2D eigenvalue weighted by molar-refractivity contribution is 6.30. The van der Waals surface area contributed by atoms with Crippen LogP contribution in [-0.4, -0.2) is 73.1 Å². The fraction of sp³-hybridized carbons (Fsp3) is 0.579. The van der Waals surface area contributed by atoms with E-state index in [0.29, 0.717) is 37.2 Å². The van der Waals surface area contributed by atoms with Crippen molar-refractivity contribution in [1.82, 2.24) is 9.80 Å². The summed E-state index contributed by atoms with van der Waals surface area (Å²) in [7, 11) is 0. The molecule has 2 heterocycles. The predicted molar refractivity (Wildman–Crippen MR) is 101 cm³/mol. The van der Waals surface area contributed by atoms with E-state index in [1.54, 1.807) is 21.9 Å². The van der Waals surface area contributed by atoms with E-state index in [1.165, 1.54) is 0 Å². The van der Waals surface area contributed by atoms with Crippen molar-refractivity contribution in [2.24, 2.45) is 0 Å². The first-order chi connectivity index (χ1) is 12.4. The highest BCUT2D eigenvalue weighted by atomic mass is 35.5. The third-order valence-electron chi connectivity index (χ3n) is 5.00. The number of hydrogen-bond donors (Lipinski definition) is 0. The summed E-state index contributed by atoms with van der Waals surface area (Å²) in [6.45, 7) is 7.73. The number of carbonyl (C=O) groups excluding carboxylic acids is 2. The van der Waals surface area contributed by atoms with Crippen molar-refractivity contribution in [3.05, 3.63) is 29.3 Å². The van der Waals surface area contributed by atoms with Gasteiger partial charge in [0.15, 0.2) is 0 Å². The van der Waals surface area contributed by atoms with Gasteiger partial charge in [-0.2, -0.15) is 0 Å². The van der Waals surface area contributed by atoms with Crippen LogP contribution in [0.2, 0.25) is 5.02 Å². The number of benzene rings is 1. The Morgan fingerprint density at radius 1 is 1.31 bits per heavy atom. The zero-order valence-corrected chi connectivity index (χ0v) is 16.1. The van der Waals surface area contributed by atoms with Crippen molar-refractivity contribution < 1.29 is 14.3 Å². The molecule has 0 aromatic heterocycles. The van der Waals surface area contributed by atoms with Gasteiger partial charge < -0.3 is 14.5 Å². The number of nitrogens with zero attached hydrogens (tertiary/aromatic N) is 3. The predicted octanol–water partition coefficient (Wildman–Crippen LogP) is 2.01. The maximum absolute atomic E-state index is 12.6. The summed E-state index contributed by atoms with van der Waals surface area (Å²) < 4.78 is 5.75. The second kappa shape index (κ2) is 8.37. The van der Waals surface area contributed by atoms with Gasteiger partial charge in [-0.25, -0.2) is 0 Å². The molecule has 2 fully saturated rings. The highest BCUT2D eigenvalue weighted by Gasteiger charge is 2.31. The van der Waals surface area contributed by atoms with Crippen molar-refractivity contribution in [1.29, 1.82) is 0 Å². The summed E-state index contributed by atoms with van der Waals surface area (Å²) >= 11 is 6.01. The summed E-state index contributed by atoms with van der Waals surface area (Å²) in [4.78, 5) is 30.8. The van der Waals surface area contributed by atoms with Crippen molar-refractivity contribution in [2.45, 2.75) is 32.4 Å². The molecule has 0 spiro atoms. The molecule has 0 radical (unpaired) electrons. The molecule has 0 bridgehead atoms. The first-order valence-electron chi connectivity index (χ1n) is 9.13. The fourth-order valence-corrected chi connectivity index (χ4v) is 3.65. The van der Waals surface area contributed by atoms with Gasteiger partial charge in [-0.05, 0) is 32.0 Å². The van der Waals surface area contributed by atoms with Gasteiger partial charge in [-0.3, -0.25) is 14.5 Å². The first-order valence-corrected chi connectivity index (χ1v) is 9.51. The van der Waals surface area contributed by atoms with Gasteiger partial charge in [0.2, 0.25) is 11.8 Å². The van der Waals surface area contributed by atoms with Crippen LogP contribution in [0.4, 0.5) is 5.69 Å². The first kappa shape index (κ1) is 19.1. The summed E-state index contributed by atoms with van der Waals surface area (Å²) in [6.07, 6.45) is 0.230. The lowest BCUT2D eigenvalue weighted by molar-refractivity contribution is -0.141. The lowest BCUT2D eigenvalue weighted by atomic mass is 10.1. The average Bonchev–Trinajstić information content (AvgIpc) is 2.61. The number of anilines is 1. The Balaban J connectivity index is 1.55.